The van der Waals surface area contributed by atoms with Crippen LogP contribution in [-0.4, -0.2) is 36.4 Å². The number of amides is 1. The van der Waals surface area contributed by atoms with E-state index in [9.17, 15) is 9.90 Å². The number of allylic oxidation sites excluding steroid dienone is 1. The fourth-order valence-electron chi connectivity index (χ4n) is 7.03. The highest BCUT2D eigenvalue weighted by atomic mass is 32.2. The Labute approximate surface area is 216 Å². The average molecular weight is 501 g/mol. The van der Waals surface area contributed by atoms with Gasteiger partial charge >= 0.3 is 0 Å². The van der Waals surface area contributed by atoms with Crippen LogP contribution in [0.2, 0.25) is 0 Å². The molecule has 6 heteroatoms. The van der Waals surface area contributed by atoms with Crippen molar-refractivity contribution in [3.8, 4) is 5.75 Å². The van der Waals surface area contributed by atoms with Gasteiger partial charge in [0.15, 0.2) is 5.17 Å². The third-order valence-corrected chi connectivity index (χ3v) is 9.31. The number of thioether (sulfide) groups is 1. The number of hydrogen-bond donors (Lipinski definition) is 2. The van der Waals surface area contributed by atoms with Crippen molar-refractivity contribution in [2.45, 2.75) is 84.7 Å². The van der Waals surface area contributed by atoms with Gasteiger partial charge in [-0.05, 0) is 103 Å². The molecule has 0 bridgehead atoms. The molecule has 6 atom stereocenters. The molecular formula is C29H44N2O3S. The molecule has 0 radical (unpaired) electrons. The molecule has 3 aliphatic carbocycles. The van der Waals surface area contributed by atoms with Crippen molar-refractivity contribution in [2.75, 3.05) is 14.2 Å². The number of rotatable bonds is 5. The number of aryl methyl sites for hydroxylation is 1. The number of methoxy groups -OCH3 is 1. The van der Waals surface area contributed by atoms with Crippen LogP contribution < -0.4 is 10.1 Å². The Kier molecular flexibility index (Phi) is 9.50. The minimum atomic E-state index is -0.277. The van der Waals surface area contributed by atoms with Gasteiger partial charge in [-0.15, -0.1) is 0 Å². The Hall–Kier alpha value is -1.79. The Morgan fingerprint density at radius 1 is 1.34 bits per heavy atom. The highest BCUT2D eigenvalue weighted by Gasteiger charge is 2.58. The largest absolute Gasteiger partial charge is 0.497 e. The number of aliphatic hydroxyl groups is 1. The van der Waals surface area contributed by atoms with Crippen LogP contribution in [0.3, 0.4) is 0 Å². The molecule has 194 valence electrons. The van der Waals surface area contributed by atoms with Crippen molar-refractivity contribution in [2.24, 2.45) is 28.2 Å². The van der Waals surface area contributed by atoms with Gasteiger partial charge in [0.2, 0.25) is 5.91 Å². The maximum Gasteiger partial charge on any atom is 0.225 e. The number of benzene rings is 1. The highest BCUT2D eigenvalue weighted by molar-refractivity contribution is 8.17. The minimum Gasteiger partial charge on any atom is -0.497 e. The Balaban J connectivity index is 0.00000167. The summed E-state index contributed by atoms with van der Waals surface area (Å²) >= 11 is 1.39. The normalized spacial score (nSPS) is 31.3. The van der Waals surface area contributed by atoms with Gasteiger partial charge in [0.25, 0.3) is 0 Å². The van der Waals surface area contributed by atoms with Crippen LogP contribution in [0.15, 0.2) is 34.7 Å². The number of hydrogen-bond acceptors (Lipinski definition) is 5. The van der Waals surface area contributed by atoms with Crippen molar-refractivity contribution < 1.29 is 14.6 Å². The molecule has 0 aromatic heterocycles. The molecule has 2 fully saturated rings. The van der Waals surface area contributed by atoms with E-state index in [4.69, 9.17) is 4.74 Å². The maximum atomic E-state index is 12.7. The summed E-state index contributed by atoms with van der Waals surface area (Å²) in [5.41, 5.74) is 2.86. The first kappa shape index (κ1) is 27.8. The molecule has 2 N–H and O–H groups in total. The molecule has 4 rings (SSSR count). The molecule has 1 amide bonds. The lowest BCUT2D eigenvalue weighted by Crippen LogP contribution is -2.45. The molecule has 1 aromatic rings. The van der Waals surface area contributed by atoms with Crippen molar-refractivity contribution in [3.63, 3.8) is 0 Å². The van der Waals surface area contributed by atoms with Gasteiger partial charge in [-0.2, -0.15) is 0 Å². The molecule has 0 spiro atoms. The monoisotopic (exact) mass is 500 g/mol. The number of carbonyl (C=O) groups is 1. The first-order valence-electron chi connectivity index (χ1n) is 13.2. The van der Waals surface area contributed by atoms with Crippen LogP contribution in [0.1, 0.15) is 83.3 Å². The van der Waals surface area contributed by atoms with Crippen molar-refractivity contribution in [3.05, 3.63) is 40.8 Å². The molecule has 0 saturated heterocycles. The lowest BCUT2D eigenvalue weighted by atomic mass is 9.54. The number of carbonyl (C=O) groups excluding carboxylic acids is 1. The van der Waals surface area contributed by atoms with Gasteiger partial charge in [-0.3, -0.25) is 9.79 Å². The van der Waals surface area contributed by atoms with Crippen LogP contribution in [0.4, 0.5) is 0 Å². The Morgan fingerprint density at radius 2 is 2.09 bits per heavy atom. The van der Waals surface area contributed by atoms with Gasteiger partial charge in [0, 0.05) is 13.5 Å². The van der Waals surface area contributed by atoms with Gasteiger partial charge in [-0.1, -0.05) is 45.2 Å². The minimum absolute atomic E-state index is 0.000821. The second-order valence-corrected chi connectivity index (χ2v) is 11.7. The zero-order chi connectivity index (χ0) is 25.8. The van der Waals surface area contributed by atoms with Gasteiger partial charge in [0.1, 0.15) is 5.75 Å². The van der Waals surface area contributed by atoms with Crippen molar-refractivity contribution in [1.82, 2.24) is 5.32 Å². The smallest absolute Gasteiger partial charge is 0.225 e. The van der Waals surface area contributed by atoms with Gasteiger partial charge < -0.3 is 15.2 Å². The lowest BCUT2D eigenvalue weighted by molar-refractivity contribution is -0.120. The summed E-state index contributed by atoms with van der Waals surface area (Å²) in [7, 11) is 3.41. The summed E-state index contributed by atoms with van der Waals surface area (Å²) in [5, 5.41) is 14.6. The number of aliphatic hydroxyl groups excluding tert-OH is 1. The Bertz CT molecular complexity index is 946. The van der Waals surface area contributed by atoms with E-state index in [2.05, 4.69) is 42.0 Å². The molecule has 0 heterocycles. The van der Waals surface area contributed by atoms with E-state index in [-0.39, 0.29) is 17.4 Å². The number of nitrogens with zero attached hydrogens (tertiary/aromatic N) is 1. The van der Waals surface area contributed by atoms with Gasteiger partial charge in [0.05, 0.1) is 13.2 Å². The first-order chi connectivity index (χ1) is 16.8. The molecule has 0 aliphatic heterocycles. The van der Waals surface area contributed by atoms with Gasteiger partial charge in [-0.25, -0.2) is 0 Å². The lowest BCUT2D eigenvalue weighted by Gasteiger charge is -2.51. The zero-order valence-corrected chi connectivity index (χ0v) is 23.2. The van der Waals surface area contributed by atoms with E-state index < -0.39 is 0 Å². The predicted octanol–water partition coefficient (Wildman–Crippen LogP) is 6.31. The second-order valence-electron chi connectivity index (χ2n) is 10.4. The van der Waals surface area contributed by atoms with Crippen LogP contribution in [0, 0.1) is 23.2 Å². The van der Waals surface area contributed by atoms with E-state index in [1.807, 2.05) is 20.8 Å². The number of ether oxygens (including phenoxy) is 1. The first-order valence-corrected chi connectivity index (χ1v) is 14.0. The molecule has 1 aromatic carbocycles. The topological polar surface area (TPSA) is 70.9 Å². The Morgan fingerprint density at radius 3 is 2.74 bits per heavy atom. The maximum absolute atomic E-state index is 12.7. The molecule has 3 aliphatic rings. The number of amidine groups is 1. The third kappa shape index (κ3) is 5.80. The zero-order valence-electron chi connectivity index (χ0n) is 22.4. The number of aliphatic imine (C=N–C) groups is 1. The fraction of sp³-hybridized carbons (Fsp3) is 0.655. The fourth-order valence-corrected chi connectivity index (χ4v) is 7.62. The molecule has 6 unspecified atom stereocenters. The van der Waals surface area contributed by atoms with E-state index in [1.54, 1.807) is 14.2 Å². The summed E-state index contributed by atoms with van der Waals surface area (Å²) in [6, 6.07) is 6.57. The second kappa shape index (κ2) is 12.0. The molecule has 35 heavy (non-hydrogen) atoms. The quantitative estimate of drug-likeness (QED) is 0.367. The van der Waals surface area contributed by atoms with E-state index in [0.29, 0.717) is 35.3 Å². The highest BCUT2D eigenvalue weighted by Crippen LogP contribution is 2.63. The molecule has 2 saturated carbocycles. The summed E-state index contributed by atoms with van der Waals surface area (Å²) in [4.78, 5) is 17.7. The van der Waals surface area contributed by atoms with Crippen LogP contribution in [-0.2, 0) is 11.2 Å². The van der Waals surface area contributed by atoms with Crippen LogP contribution >= 0.6 is 11.8 Å². The number of fused-ring (bicyclic) bond motifs is 5. The van der Waals surface area contributed by atoms with Crippen molar-refractivity contribution in [1.29, 1.82) is 0 Å². The summed E-state index contributed by atoms with van der Waals surface area (Å²) in [6.07, 6.45) is 6.22. The van der Waals surface area contributed by atoms with E-state index >= 15 is 0 Å². The average Bonchev–Trinajstić information content (AvgIpc) is 3.12. The SMILES string of the molecule is C=C(C)SC(=NC)NC(=O)CCC1CC(O)C2(C)CCC3c4ccc(OC)cc4CCC3C12.CC. The molecular weight excluding hydrogens is 456 g/mol. The molecule has 5 nitrogen and oxygen atoms in total. The predicted molar refractivity (Wildman–Crippen MR) is 147 cm³/mol. The van der Waals surface area contributed by atoms with Crippen LogP contribution in [0.25, 0.3) is 0 Å². The standard InChI is InChI=1S/C27H38N2O3S.C2H6/c1-16(2)33-26(28-4)29-24(31)11-7-18-15-23(30)27(3)13-12-21-20-10-8-19(32-5)14-17(20)6-9-22(21)25(18)27;1-2/h8,10,14,18,21-23,25,30H,1,6-7,9,11-13,15H2,2-5H3,(H,28,29,31);1-2H3. The van der Waals surface area contributed by atoms with E-state index in [1.165, 1.54) is 22.9 Å². The third-order valence-electron chi connectivity index (χ3n) is 8.49. The number of nitrogens with one attached hydrogen (secondary N) is 1. The van der Waals surface area contributed by atoms with Crippen LogP contribution in [0.5, 0.6) is 5.75 Å². The van der Waals surface area contributed by atoms with E-state index in [0.717, 1.165) is 49.2 Å². The summed E-state index contributed by atoms with van der Waals surface area (Å²) < 4.78 is 5.46. The summed E-state index contributed by atoms with van der Waals surface area (Å²) in [6.45, 7) is 12.1. The van der Waals surface area contributed by atoms with Crippen molar-refractivity contribution >= 4 is 22.8 Å². The summed E-state index contributed by atoms with van der Waals surface area (Å²) in [5.74, 6) is 2.89.